The Morgan fingerprint density at radius 2 is 0.700 bits per heavy atom. The van der Waals surface area contributed by atoms with Crippen LogP contribution in [0.4, 0.5) is 0 Å². The first-order valence-electron chi connectivity index (χ1n) is 17.5. The van der Waals surface area contributed by atoms with Crippen molar-refractivity contribution >= 4 is 71.7 Å². The Morgan fingerprint density at radius 3 is 1.04 bits per heavy atom. The first-order valence-corrected chi connectivity index (χ1v) is 24.5. The van der Waals surface area contributed by atoms with Crippen LogP contribution in [0.5, 0.6) is 0 Å². The van der Waals surface area contributed by atoms with Crippen LogP contribution in [0, 0.1) is 13.8 Å². The second-order valence-electron chi connectivity index (χ2n) is 14.9. The van der Waals surface area contributed by atoms with E-state index in [9.17, 15) is 0 Å². The Morgan fingerprint density at radius 1 is 0.420 bits per heavy atom. The van der Waals surface area contributed by atoms with E-state index in [1.54, 1.807) is 15.5 Å². The molecule has 4 heteroatoms. The minimum atomic E-state index is -1.17. The minimum Gasteiger partial charge on any atom is -0.0939 e. The summed E-state index contributed by atoms with van der Waals surface area (Å²) in [7, 11) is -0.101. The first kappa shape index (κ1) is 42.7. The van der Waals surface area contributed by atoms with Crippen LogP contribution in [0.1, 0.15) is 71.2 Å². The van der Waals surface area contributed by atoms with Crippen LogP contribution in [0.15, 0.2) is 121 Å². The molecule has 0 amide bonds. The van der Waals surface area contributed by atoms with E-state index >= 15 is 0 Å². The molecule has 0 nitrogen and oxygen atoms in total. The highest BCUT2D eigenvalue weighted by atomic mass is 28.3. The van der Waals surface area contributed by atoms with E-state index in [4.69, 9.17) is 0 Å². The molecule has 0 fully saturated rings. The first-order chi connectivity index (χ1) is 23.2. The highest BCUT2D eigenvalue weighted by Crippen LogP contribution is 2.18. The Balaban J connectivity index is 0.000000270. The molecule has 0 aliphatic rings. The SMILES string of the molecule is C.CC(C)=[SiH]c1ccc(-c2ccc(C)cc2)cc1.CC(C)=[SiH]c1ccc(C)cc1.CC(C)=[SiH]c1ccc(Cc2ccc([Si](C)(C)C)cc2)cc1. The summed E-state index contributed by atoms with van der Waals surface area (Å²) < 4.78 is 0. The summed E-state index contributed by atoms with van der Waals surface area (Å²) in [5, 5.41) is 10.6. The van der Waals surface area contributed by atoms with Gasteiger partial charge in [0, 0.05) is 27.4 Å². The van der Waals surface area contributed by atoms with Crippen LogP contribution in [-0.4, -0.2) is 51.0 Å². The summed E-state index contributed by atoms with van der Waals surface area (Å²) >= 11 is 0. The molecule has 0 N–H and O–H groups in total. The van der Waals surface area contributed by atoms with E-state index in [-0.39, 0.29) is 7.43 Å². The Labute approximate surface area is 313 Å². The van der Waals surface area contributed by atoms with Gasteiger partial charge in [-0.2, -0.15) is 0 Å². The summed E-state index contributed by atoms with van der Waals surface area (Å²) in [6.45, 7) is 24.7. The standard InChI is InChI=1S/C19H26Si2.C16H18Si.C10H14Si.CH4/c1-15(2)20-18-10-6-16(7-11-18)14-17-8-12-19(13-9-17)21(3,4)5;1-12(2)17-16-10-8-15(9-11-16)14-6-4-13(3)5-7-14;1-8(2)11-10-6-4-9(3)5-7-10;/h6-13,20H,14H2,1-5H3;4-11,17H,1-3H3;4-7,11H,1-3H3;1H4. The molecule has 0 bridgehead atoms. The van der Waals surface area contributed by atoms with Gasteiger partial charge < -0.3 is 0 Å². The summed E-state index contributed by atoms with van der Waals surface area (Å²) in [6, 6.07) is 45.0. The Bertz CT molecular complexity index is 1810. The summed E-state index contributed by atoms with van der Waals surface area (Å²) in [6.07, 6.45) is 1.04. The van der Waals surface area contributed by atoms with Crippen molar-refractivity contribution in [2.45, 2.75) is 88.9 Å². The summed E-state index contributed by atoms with van der Waals surface area (Å²) in [5.74, 6) is 0. The maximum atomic E-state index is 2.40. The van der Waals surface area contributed by atoms with Crippen molar-refractivity contribution in [3.05, 3.63) is 144 Å². The molecule has 0 atom stereocenters. The molecule has 0 spiro atoms. The van der Waals surface area contributed by atoms with Crippen molar-refractivity contribution in [1.82, 2.24) is 0 Å². The van der Waals surface area contributed by atoms with Gasteiger partial charge in [-0.15, -0.1) is 0 Å². The van der Waals surface area contributed by atoms with Crippen LogP contribution in [0.25, 0.3) is 11.1 Å². The number of aryl methyl sites for hydroxylation is 2. The van der Waals surface area contributed by atoms with Crippen LogP contribution >= 0.6 is 0 Å². The minimum absolute atomic E-state index is 0. The molecule has 0 radical (unpaired) electrons. The van der Waals surface area contributed by atoms with E-state index in [2.05, 4.69) is 196 Å². The zero-order valence-corrected chi connectivity index (χ0v) is 36.5. The van der Waals surface area contributed by atoms with Gasteiger partial charge in [0.15, 0.2) is 0 Å². The van der Waals surface area contributed by atoms with Crippen molar-refractivity contribution in [2.75, 3.05) is 0 Å². The maximum absolute atomic E-state index is 2.40. The topological polar surface area (TPSA) is 0 Å². The van der Waals surface area contributed by atoms with Crippen molar-refractivity contribution < 1.29 is 0 Å². The molecule has 0 saturated heterocycles. The Hall–Kier alpha value is -3.42. The Kier molecular flexibility index (Phi) is 18.0. The maximum Gasteiger partial charge on any atom is 0.0775 e. The summed E-state index contributed by atoms with van der Waals surface area (Å²) in [4.78, 5) is 0. The number of rotatable bonds is 7. The molecule has 5 aromatic rings. The molecule has 0 heterocycles. The average molecular weight is 727 g/mol. The van der Waals surface area contributed by atoms with Gasteiger partial charge in [0.1, 0.15) is 0 Å². The zero-order chi connectivity index (χ0) is 36.0. The molecular weight excluding hydrogens is 665 g/mol. The fraction of sp³-hybridized carbons (Fsp3) is 0.283. The van der Waals surface area contributed by atoms with Crippen LogP contribution in [-0.2, 0) is 6.42 Å². The van der Waals surface area contributed by atoms with E-state index < -0.39 is 8.07 Å². The smallest absolute Gasteiger partial charge is 0.0775 e. The molecule has 50 heavy (non-hydrogen) atoms. The van der Waals surface area contributed by atoms with Gasteiger partial charge in [-0.3, -0.25) is 0 Å². The number of hydrogen-bond donors (Lipinski definition) is 0. The molecule has 5 rings (SSSR count). The van der Waals surface area contributed by atoms with E-state index in [1.165, 1.54) is 54.1 Å². The molecule has 5 aromatic carbocycles. The van der Waals surface area contributed by atoms with E-state index in [0.717, 1.165) is 6.42 Å². The molecule has 0 aromatic heterocycles. The van der Waals surface area contributed by atoms with Crippen molar-refractivity contribution in [3.63, 3.8) is 0 Å². The largest absolute Gasteiger partial charge is 0.0939 e. The van der Waals surface area contributed by atoms with Gasteiger partial charge >= 0.3 is 0 Å². The van der Waals surface area contributed by atoms with Crippen molar-refractivity contribution in [2.24, 2.45) is 0 Å². The van der Waals surface area contributed by atoms with Gasteiger partial charge in [0.05, 0.1) is 8.07 Å². The van der Waals surface area contributed by atoms with Crippen molar-refractivity contribution in [1.29, 1.82) is 0 Å². The number of benzene rings is 5. The zero-order valence-electron chi connectivity index (χ0n) is 32.0. The van der Waals surface area contributed by atoms with Gasteiger partial charge in [0.25, 0.3) is 0 Å². The third-order valence-electron chi connectivity index (χ3n) is 7.95. The van der Waals surface area contributed by atoms with Crippen LogP contribution in [0.2, 0.25) is 19.6 Å². The number of hydrogen-bond acceptors (Lipinski definition) is 0. The molecule has 0 aliphatic heterocycles. The van der Waals surface area contributed by atoms with Crippen molar-refractivity contribution in [3.8, 4) is 11.1 Å². The van der Waals surface area contributed by atoms with Gasteiger partial charge in [0.2, 0.25) is 0 Å². The lowest BCUT2D eigenvalue weighted by molar-refractivity contribution is 1.20. The lowest BCUT2D eigenvalue weighted by Crippen LogP contribution is -2.37. The molecule has 0 saturated carbocycles. The highest BCUT2D eigenvalue weighted by molar-refractivity contribution is 6.88. The van der Waals surface area contributed by atoms with Gasteiger partial charge in [-0.05, 0) is 99.6 Å². The third-order valence-corrected chi connectivity index (χ3v) is 13.9. The van der Waals surface area contributed by atoms with Crippen LogP contribution < -0.4 is 20.7 Å². The van der Waals surface area contributed by atoms with Gasteiger partial charge in [-0.25, -0.2) is 0 Å². The molecule has 0 unspecified atom stereocenters. The average Bonchev–Trinajstić information content (AvgIpc) is 3.04. The predicted molar refractivity (Wildman–Crippen MR) is 243 cm³/mol. The third kappa shape index (κ3) is 16.1. The fourth-order valence-corrected chi connectivity index (χ4v) is 9.59. The monoisotopic (exact) mass is 726 g/mol. The lowest BCUT2D eigenvalue weighted by Gasteiger charge is -2.16. The fourth-order valence-electron chi connectivity index (χ4n) is 5.27. The quantitative estimate of drug-likeness (QED) is 0.150. The highest BCUT2D eigenvalue weighted by Gasteiger charge is 2.15. The van der Waals surface area contributed by atoms with E-state index in [1.807, 2.05) is 0 Å². The normalized spacial score (nSPS) is 10.2. The molecule has 0 aliphatic carbocycles. The van der Waals surface area contributed by atoms with Gasteiger partial charge in [-0.1, -0.05) is 180 Å². The lowest BCUT2D eigenvalue weighted by atomic mass is 10.0. The predicted octanol–water partition coefficient (Wildman–Crippen LogP) is 7.94. The molecular formula is C46H62Si4. The second-order valence-corrected chi connectivity index (χ2v) is 26.3. The summed E-state index contributed by atoms with van der Waals surface area (Å²) in [5.41, 5.74) is 8.09. The van der Waals surface area contributed by atoms with Crippen LogP contribution in [0.3, 0.4) is 0 Å². The van der Waals surface area contributed by atoms with E-state index in [0.29, 0.717) is 27.4 Å². The second kappa shape index (κ2) is 21.1. The molecule has 262 valence electrons.